The Morgan fingerprint density at radius 1 is 1.18 bits per heavy atom. The zero-order valence-electron chi connectivity index (χ0n) is 8.03. The first kappa shape index (κ1) is 10.4. The van der Waals surface area contributed by atoms with E-state index in [-0.39, 0.29) is 5.78 Å². The van der Waals surface area contributed by atoms with Gasteiger partial charge < -0.3 is 0 Å². The topological polar surface area (TPSA) is 17.1 Å². The van der Waals surface area contributed by atoms with Crippen molar-refractivity contribution in [3.05, 3.63) is 11.1 Å². The number of carbonyl (C=O) groups is 1. The van der Waals surface area contributed by atoms with Crippen molar-refractivity contribution in [2.24, 2.45) is 0 Å². The third kappa shape index (κ3) is 3.97. The lowest BCUT2D eigenvalue weighted by molar-refractivity contribution is -0.113. The molecule has 0 rings (SSSR count). The van der Waals surface area contributed by atoms with Crippen LogP contribution in [-0.4, -0.2) is 5.78 Å². The fourth-order valence-corrected chi connectivity index (χ4v) is 0.930. The molecule has 0 fully saturated rings. The summed E-state index contributed by atoms with van der Waals surface area (Å²) in [6.07, 6.45) is 3.46. The van der Waals surface area contributed by atoms with Crippen molar-refractivity contribution in [3.63, 3.8) is 0 Å². The van der Waals surface area contributed by atoms with Crippen molar-refractivity contribution in [2.45, 2.75) is 47.0 Å². The summed E-state index contributed by atoms with van der Waals surface area (Å²) >= 11 is 0. The molecule has 0 heterocycles. The van der Waals surface area contributed by atoms with Crippen molar-refractivity contribution in [2.75, 3.05) is 0 Å². The van der Waals surface area contributed by atoms with Crippen LogP contribution < -0.4 is 0 Å². The Labute approximate surface area is 69.5 Å². The van der Waals surface area contributed by atoms with Crippen molar-refractivity contribution >= 4 is 5.78 Å². The zero-order chi connectivity index (χ0) is 8.85. The maximum absolute atomic E-state index is 10.9. The van der Waals surface area contributed by atoms with Crippen LogP contribution in [0.15, 0.2) is 11.1 Å². The maximum atomic E-state index is 10.9. The molecule has 11 heavy (non-hydrogen) atoms. The van der Waals surface area contributed by atoms with Gasteiger partial charge in [-0.25, -0.2) is 0 Å². The highest BCUT2D eigenvalue weighted by Crippen LogP contribution is 2.11. The second-order valence-electron chi connectivity index (χ2n) is 3.07. The van der Waals surface area contributed by atoms with E-state index in [2.05, 4.69) is 6.92 Å². The molecule has 0 atom stereocenters. The summed E-state index contributed by atoms with van der Waals surface area (Å²) < 4.78 is 0. The number of ketones is 1. The van der Waals surface area contributed by atoms with Gasteiger partial charge in [-0.15, -0.1) is 0 Å². The predicted octanol–water partition coefficient (Wildman–Crippen LogP) is 3.10. The highest BCUT2D eigenvalue weighted by atomic mass is 16.1. The van der Waals surface area contributed by atoms with Gasteiger partial charge in [-0.2, -0.15) is 0 Å². The SMILES string of the molecule is CCCC/C(C)=C(/C)C(C)=O. The van der Waals surface area contributed by atoms with Gasteiger partial charge in [-0.3, -0.25) is 4.79 Å². The molecule has 0 aliphatic carbocycles. The lowest BCUT2D eigenvalue weighted by Crippen LogP contribution is -1.95. The molecule has 0 aliphatic rings. The van der Waals surface area contributed by atoms with Crippen molar-refractivity contribution < 1.29 is 4.79 Å². The molecular weight excluding hydrogens is 136 g/mol. The standard InChI is InChI=1S/C10H18O/c1-5-6-7-8(2)9(3)10(4)11/h5-7H2,1-4H3/b9-8-. The third-order valence-electron chi connectivity index (χ3n) is 2.07. The molecule has 0 aromatic heterocycles. The van der Waals surface area contributed by atoms with Gasteiger partial charge in [-0.1, -0.05) is 18.9 Å². The van der Waals surface area contributed by atoms with Gasteiger partial charge in [0, 0.05) is 0 Å². The number of hydrogen-bond acceptors (Lipinski definition) is 1. The first-order valence-corrected chi connectivity index (χ1v) is 4.26. The van der Waals surface area contributed by atoms with Crippen LogP contribution in [-0.2, 0) is 4.79 Å². The van der Waals surface area contributed by atoms with Gasteiger partial charge in [0.2, 0.25) is 0 Å². The molecule has 64 valence electrons. The van der Waals surface area contributed by atoms with Gasteiger partial charge in [0.05, 0.1) is 0 Å². The largest absolute Gasteiger partial charge is 0.295 e. The Bertz CT molecular complexity index is 166. The Balaban J connectivity index is 4.05. The van der Waals surface area contributed by atoms with Gasteiger partial charge in [0.25, 0.3) is 0 Å². The number of hydrogen-bond donors (Lipinski definition) is 0. The molecule has 0 aliphatic heterocycles. The van der Waals surface area contributed by atoms with E-state index in [0.717, 1.165) is 12.0 Å². The zero-order valence-corrected chi connectivity index (χ0v) is 8.03. The minimum Gasteiger partial charge on any atom is -0.295 e. The van der Waals surface area contributed by atoms with Gasteiger partial charge in [0.15, 0.2) is 5.78 Å². The summed E-state index contributed by atoms with van der Waals surface area (Å²) in [7, 11) is 0. The Morgan fingerprint density at radius 2 is 1.73 bits per heavy atom. The van der Waals surface area contributed by atoms with Crippen LogP contribution in [0, 0.1) is 0 Å². The van der Waals surface area contributed by atoms with Crippen molar-refractivity contribution in [3.8, 4) is 0 Å². The minimum absolute atomic E-state index is 0.207. The molecule has 0 amide bonds. The molecule has 0 N–H and O–H groups in total. The number of carbonyl (C=O) groups excluding carboxylic acids is 1. The van der Waals surface area contributed by atoms with Crippen LogP contribution >= 0.6 is 0 Å². The first-order chi connectivity index (χ1) is 5.09. The predicted molar refractivity (Wildman–Crippen MR) is 48.6 cm³/mol. The molecule has 0 saturated heterocycles. The van der Waals surface area contributed by atoms with Crippen LogP contribution in [0.25, 0.3) is 0 Å². The summed E-state index contributed by atoms with van der Waals surface area (Å²) in [5, 5.41) is 0. The van der Waals surface area contributed by atoms with Crippen molar-refractivity contribution in [1.29, 1.82) is 0 Å². The van der Waals surface area contributed by atoms with E-state index in [0.29, 0.717) is 0 Å². The molecule has 0 bridgehead atoms. The number of allylic oxidation sites excluding steroid dienone is 2. The fraction of sp³-hybridized carbons (Fsp3) is 0.700. The van der Waals surface area contributed by atoms with Crippen LogP contribution in [0.3, 0.4) is 0 Å². The summed E-state index contributed by atoms with van der Waals surface area (Å²) in [5.41, 5.74) is 2.19. The summed E-state index contributed by atoms with van der Waals surface area (Å²) in [6, 6.07) is 0. The molecule has 0 spiro atoms. The highest BCUT2D eigenvalue weighted by molar-refractivity contribution is 5.93. The van der Waals surface area contributed by atoms with Crippen LogP contribution in [0.4, 0.5) is 0 Å². The number of Topliss-reactive ketones (excluding diaryl/α,β-unsaturated/α-hetero) is 1. The van der Waals surface area contributed by atoms with Gasteiger partial charge in [-0.05, 0) is 39.2 Å². The number of unbranched alkanes of at least 4 members (excludes halogenated alkanes) is 1. The van der Waals surface area contributed by atoms with E-state index >= 15 is 0 Å². The van der Waals surface area contributed by atoms with E-state index in [1.807, 2.05) is 13.8 Å². The molecule has 0 radical (unpaired) electrons. The second-order valence-corrected chi connectivity index (χ2v) is 3.07. The third-order valence-corrected chi connectivity index (χ3v) is 2.07. The van der Waals surface area contributed by atoms with E-state index in [4.69, 9.17) is 0 Å². The Hall–Kier alpha value is -0.590. The minimum atomic E-state index is 0.207. The smallest absolute Gasteiger partial charge is 0.155 e. The van der Waals surface area contributed by atoms with E-state index in [1.54, 1.807) is 6.92 Å². The quantitative estimate of drug-likeness (QED) is 0.569. The maximum Gasteiger partial charge on any atom is 0.155 e. The average molecular weight is 154 g/mol. The first-order valence-electron chi connectivity index (χ1n) is 4.26. The fourth-order valence-electron chi connectivity index (χ4n) is 0.930. The molecule has 0 aromatic carbocycles. The van der Waals surface area contributed by atoms with E-state index in [9.17, 15) is 4.79 Å². The highest BCUT2D eigenvalue weighted by Gasteiger charge is 2.00. The second kappa shape index (κ2) is 5.11. The number of rotatable bonds is 4. The van der Waals surface area contributed by atoms with E-state index in [1.165, 1.54) is 18.4 Å². The van der Waals surface area contributed by atoms with E-state index < -0.39 is 0 Å². The lowest BCUT2D eigenvalue weighted by Gasteiger charge is -2.02. The summed E-state index contributed by atoms with van der Waals surface area (Å²) in [5.74, 6) is 0.207. The Kier molecular flexibility index (Phi) is 4.84. The lowest BCUT2D eigenvalue weighted by atomic mass is 10.0. The van der Waals surface area contributed by atoms with Crippen LogP contribution in [0.5, 0.6) is 0 Å². The summed E-state index contributed by atoms with van der Waals surface area (Å²) in [4.78, 5) is 10.9. The van der Waals surface area contributed by atoms with Crippen LogP contribution in [0.1, 0.15) is 47.0 Å². The van der Waals surface area contributed by atoms with Gasteiger partial charge >= 0.3 is 0 Å². The molecule has 1 heteroatoms. The van der Waals surface area contributed by atoms with Crippen LogP contribution in [0.2, 0.25) is 0 Å². The molecular formula is C10H18O. The molecule has 0 saturated carbocycles. The normalized spacial score (nSPS) is 12.7. The molecule has 0 aromatic rings. The monoisotopic (exact) mass is 154 g/mol. The molecule has 1 nitrogen and oxygen atoms in total. The average Bonchev–Trinajstić information content (AvgIpc) is 1.98. The van der Waals surface area contributed by atoms with Crippen molar-refractivity contribution in [1.82, 2.24) is 0 Å². The summed E-state index contributed by atoms with van der Waals surface area (Å²) in [6.45, 7) is 7.75. The Morgan fingerprint density at radius 3 is 2.09 bits per heavy atom. The molecule has 0 unspecified atom stereocenters. The van der Waals surface area contributed by atoms with Gasteiger partial charge in [0.1, 0.15) is 0 Å².